The van der Waals surface area contributed by atoms with Crippen molar-refractivity contribution in [2.24, 2.45) is 34.5 Å². The van der Waals surface area contributed by atoms with Crippen LogP contribution in [0.4, 0.5) is 0 Å². The second kappa shape index (κ2) is 10.3. The molecule has 0 aromatic carbocycles. The SMILES string of the molecule is CC12C(O)C[C@H]3[C@@H](CC[C@@H]4C[C@@H](NC(=O)CCC(=O)On5c(O)ccc5O)CC[C@@]43C)[C@@]1(O)CCC2C1=CC(=O)OC1. The summed E-state index contributed by atoms with van der Waals surface area (Å²) in [5.74, 6) is -1.72. The number of rotatable bonds is 6. The molecule has 4 fully saturated rings. The van der Waals surface area contributed by atoms with Crippen LogP contribution in [-0.4, -0.2) is 67.4 Å². The van der Waals surface area contributed by atoms with Crippen molar-refractivity contribution in [1.29, 1.82) is 0 Å². The number of carbonyl (C=O) groups excluding carboxylic acids is 3. The zero-order valence-electron chi connectivity index (χ0n) is 24.3. The number of hydrogen-bond acceptors (Lipinski definition) is 9. The Hall–Kier alpha value is -3.05. The minimum absolute atomic E-state index is 0.0229. The number of carbonyl (C=O) groups is 3. The van der Waals surface area contributed by atoms with Crippen LogP contribution in [0.2, 0.25) is 0 Å². The predicted molar refractivity (Wildman–Crippen MR) is 148 cm³/mol. The summed E-state index contributed by atoms with van der Waals surface area (Å²) < 4.78 is 5.80. The highest BCUT2D eigenvalue weighted by molar-refractivity contribution is 5.85. The molecule has 4 saturated carbocycles. The third kappa shape index (κ3) is 4.42. The van der Waals surface area contributed by atoms with Gasteiger partial charge in [-0.1, -0.05) is 13.8 Å². The van der Waals surface area contributed by atoms with Gasteiger partial charge in [-0.25, -0.2) is 9.59 Å². The molecule has 0 spiro atoms. The third-order valence-electron chi connectivity index (χ3n) is 12.0. The van der Waals surface area contributed by atoms with Gasteiger partial charge in [0.15, 0.2) is 0 Å². The van der Waals surface area contributed by atoms with E-state index in [0.717, 1.165) is 44.1 Å². The molecule has 1 aliphatic heterocycles. The van der Waals surface area contributed by atoms with E-state index in [4.69, 9.17) is 9.57 Å². The first-order valence-electron chi connectivity index (χ1n) is 15.2. The van der Waals surface area contributed by atoms with Gasteiger partial charge < -0.3 is 35.3 Å². The Balaban J connectivity index is 1.08. The molecule has 11 heteroatoms. The number of aromatic hydroxyl groups is 2. The van der Waals surface area contributed by atoms with Crippen LogP contribution < -0.4 is 10.2 Å². The topological polar surface area (TPSA) is 168 Å². The van der Waals surface area contributed by atoms with Gasteiger partial charge in [-0.15, -0.1) is 4.73 Å². The van der Waals surface area contributed by atoms with Gasteiger partial charge in [0.25, 0.3) is 0 Å². The molecule has 5 N–H and O–H groups in total. The van der Waals surface area contributed by atoms with Gasteiger partial charge in [0, 0.05) is 36.1 Å². The maximum absolute atomic E-state index is 12.7. The molecule has 11 nitrogen and oxygen atoms in total. The molecule has 42 heavy (non-hydrogen) atoms. The number of fused-ring (bicyclic) bond motifs is 5. The van der Waals surface area contributed by atoms with Gasteiger partial charge in [0.2, 0.25) is 17.7 Å². The lowest BCUT2D eigenvalue weighted by atomic mass is 9.42. The van der Waals surface area contributed by atoms with Crippen LogP contribution in [0.1, 0.15) is 78.1 Å². The van der Waals surface area contributed by atoms with Crippen molar-refractivity contribution >= 4 is 17.8 Å². The monoisotopic (exact) mass is 586 g/mol. The molecular weight excluding hydrogens is 544 g/mol. The van der Waals surface area contributed by atoms with Crippen molar-refractivity contribution in [1.82, 2.24) is 10.0 Å². The van der Waals surface area contributed by atoms with Crippen molar-refractivity contribution in [3.63, 3.8) is 0 Å². The second-order valence-corrected chi connectivity index (χ2v) is 13.7. The highest BCUT2D eigenvalue weighted by Gasteiger charge is 2.70. The van der Waals surface area contributed by atoms with Gasteiger partial charge in [0.1, 0.15) is 6.61 Å². The molecule has 9 atom stereocenters. The molecular formula is C31H42N2O9. The van der Waals surface area contributed by atoms with E-state index in [1.165, 1.54) is 12.1 Å². The van der Waals surface area contributed by atoms with Crippen LogP contribution in [0.25, 0.3) is 0 Å². The fourth-order valence-electron chi connectivity index (χ4n) is 9.68. The van der Waals surface area contributed by atoms with Crippen LogP contribution in [-0.2, 0) is 19.1 Å². The molecule has 3 unspecified atom stereocenters. The fraction of sp³-hybridized carbons (Fsp3) is 0.710. The van der Waals surface area contributed by atoms with E-state index in [-0.39, 0.29) is 60.5 Å². The van der Waals surface area contributed by atoms with Gasteiger partial charge in [0.05, 0.1) is 18.1 Å². The summed E-state index contributed by atoms with van der Waals surface area (Å²) >= 11 is 0. The maximum Gasteiger partial charge on any atom is 0.333 e. The van der Waals surface area contributed by atoms with Gasteiger partial charge in [-0.05, 0) is 86.0 Å². The zero-order valence-corrected chi connectivity index (χ0v) is 24.3. The number of cyclic esters (lactones) is 1. The molecule has 1 aromatic heterocycles. The third-order valence-corrected chi connectivity index (χ3v) is 12.0. The number of ether oxygens (including phenoxy) is 1. The van der Waals surface area contributed by atoms with Crippen LogP contribution >= 0.6 is 0 Å². The lowest BCUT2D eigenvalue weighted by Gasteiger charge is -2.65. The number of aromatic nitrogens is 1. The summed E-state index contributed by atoms with van der Waals surface area (Å²) in [5, 5.41) is 46.4. The fourth-order valence-corrected chi connectivity index (χ4v) is 9.68. The minimum Gasteiger partial charge on any atom is -0.492 e. The van der Waals surface area contributed by atoms with Crippen molar-refractivity contribution < 1.29 is 44.4 Å². The van der Waals surface area contributed by atoms with E-state index < -0.39 is 34.8 Å². The summed E-state index contributed by atoms with van der Waals surface area (Å²) in [6.45, 7) is 4.55. The first-order chi connectivity index (χ1) is 19.9. The van der Waals surface area contributed by atoms with Gasteiger partial charge in [-0.3, -0.25) is 4.79 Å². The maximum atomic E-state index is 12.7. The van der Waals surface area contributed by atoms with E-state index in [2.05, 4.69) is 12.2 Å². The normalized spacial score (nSPS) is 40.8. The summed E-state index contributed by atoms with van der Waals surface area (Å²) in [6, 6.07) is 2.35. The quantitative estimate of drug-likeness (QED) is 0.314. The van der Waals surface area contributed by atoms with Gasteiger partial charge in [-0.2, -0.15) is 0 Å². The number of amides is 1. The van der Waals surface area contributed by atoms with Crippen molar-refractivity contribution in [2.45, 2.75) is 95.8 Å². The molecule has 0 saturated heterocycles. The largest absolute Gasteiger partial charge is 0.492 e. The smallest absolute Gasteiger partial charge is 0.333 e. The number of nitrogens with zero attached hydrogens (tertiary/aromatic N) is 1. The first-order valence-corrected chi connectivity index (χ1v) is 15.2. The highest BCUT2D eigenvalue weighted by atomic mass is 16.7. The molecule has 2 heterocycles. The Morgan fingerprint density at radius 3 is 2.48 bits per heavy atom. The van der Waals surface area contributed by atoms with Crippen molar-refractivity contribution in [2.75, 3.05) is 6.61 Å². The standard InChI is InChI=1S/C31H42N2O9/c1-29-11-9-19(32-24(35)5-8-27(38)42-33-25(36)6-7-26(33)37)14-18(29)3-4-21-22(29)15-23(34)30(2)20(10-12-31(21,30)40)17-13-28(39)41-16-17/h6-7,13,18-23,34,36-37,40H,3-5,8-12,14-16H2,1-2H3,(H,32,35)/t18-,19+,20?,21-,22+,23?,29+,30?,31+/m1/s1. The van der Waals surface area contributed by atoms with Crippen molar-refractivity contribution in [3.8, 4) is 11.8 Å². The molecule has 230 valence electrons. The lowest BCUT2D eigenvalue weighted by molar-refractivity contribution is -0.243. The van der Waals surface area contributed by atoms with Crippen LogP contribution in [0.5, 0.6) is 11.8 Å². The Morgan fingerprint density at radius 2 is 1.79 bits per heavy atom. The summed E-state index contributed by atoms with van der Waals surface area (Å²) in [5.41, 5.74) is -0.936. The molecule has 6 rings (SSSR count). The van der Waals surface area contributed by atoms with Gasteiger partial charge >= 0.3 is 11.9 Å². The van der Waals surface area contributed by atoms with E-state index >= 15 is 0 Å². The van der Waals surface area contributed by atoms with E-state index in [1.807, 2.05) is 6.92 Å². The Bertz CT molecular complexity index is 1290. The summed E-state index contributed by atoms with van der Waals surface area (Å²) in [4.78, 5) is 41.6. The number of aliphatic hydroxyl groups excluding tert-OH is 1. The summed E-state index contributed by atoms with van der Waals surface area (Å²) in [7, 11) is 0. The molecule has 1 amide bonds. The number of aliphatic hydroxyl groups is 2. The number of hydrogen-bond donors (Lipinski definition) is 5. The lowest BCUT2D eigenvalue weighted by Crippen LogP contribution is -2.67. The van der Waals surface area contributed by atoms with E-state index in [1.54, 1.807) is 6.08 Å². The zero-order chi connectivity index (χ0) is 30.0. The number of esters is 1. The average molecular weight is 587 g/mol. The second-order valence-electron chi connectivity index (χ2n) is 13.7. The molecule has 0 bridgehead atoms. The van der Waals surface area contributed by atoms with E-state index in [0.29, 0.717) is 23.5 Å². The molecule has 1 aromatic rings. The van der Waals surface area contributed by atoms with Crippen LogP contribution in [0.3, 0.4) is 0 Å². The Labute approximate surface area is 244 Å². The molecule has 5 aliphatic rings. The van der Waals surface area contributed by atoms with E-state index in [9.17, 15) is 34.8 Å². The highest BCUT2D eigenvalue weighted by Crippen LogP contribution is 2.69. The van der Waals surface area contributed by atoms with Crippen LogP contribution in [0, 0.1) is 34.5 Å². The Morgan fingerprint density at radius 1 is 1.05 bits per heavy atom. The molecule has 4 aliphatic carbocycles. The molecule has 0 radical (unpaired) electrons. The van der Waals surface area contributed by atoms with Crippen LogP contribution in [0.15, 0.2) is 23.8 Å². The van der Waals surface area contributed by atoms with Crippen molar-refractivity contribution in [3.05, 3.63) is 23.8 Å². The first kappa shape index (κ1) is 29.0. The minimum atomic E-state index is -1.02. The average Bonchev–Trinajstić information content (AvgIpc) is 3.60. The Kier molecular flexibility index (Phi) is 7.12. The summed E-state index contributed by atoms with van der Waals surface area (Å²) in [6.07, 6.45) is 6.76. The number of nitrogens with one attached hydrogen (secondary N) is 1. The predicted octanol–water partition coefficient (Wildman–Crippen LogP) is 2.35.